The third-order valence-corrected chi connectivity index (χ3v) is 6.62. The maximum Gasteiger partial charge on any atom is 0.239 e. The van der Waals surface area contributed by atoms with Crippen LogP contribution in [0, 0.1) is 11.3 Å². The van der Waals surface area contributed by atoms with Crippen molar-refractivity contribution in [3.63, 3.8) is 0 Å². The zero-order valence-electron chi connectivity index (χ0n) is 16.6. The number of nitrogens with zero attached hydrogens (tertiary/aromatic N) is 4. The van der Waals surface area contributed by atoms with E-state index in [0.29, 0.717) is 22.5 Å². The minimum absolute atomic E-state index is 0.0956. The molecule has 162 valence electrons. The van der Waals surface area contributed by atoms with Gasteiger partial charge in [0.15, 0.2) is 0 Å². The van der Waals surface area contributed by atoms with Gasteiger partial charge in [-0.05, 0) is 37.8 Å². The number of pyridine rings is 1. The fraction of sp³-hybridized carbons (Fsp3) is 0.579. The number of rotatable bonds is 7. The number of hydrogen-bond donors (Lipinski definition) is 3. The Hall–Kier alpha value is -1.90. The fourth-order valence-corrected chi connectivity index (χ4v) is 4.87. The zero-order chi connectivity index (χ0) is 21.5. The van der Waals surface area contributed by atoms with E-state index < -0.39 is 0 Å². The SMILES string of the molecule is N#CC1CSCN1C(=O)CN(N)C1CCC(NCC(=O)Nc2ccc(Cl)cn2)CC1. The van der Waals surface area contributed by atoms with E-state index >= 15 is 0 Å². The summed E-state index contributed by atoms with van der Waals surface area (Å²) < 4.78 is 0. The Morgan fingerprint density at radius 1 is 1.37 bits per heavy atom. The van der Waals surface area contributed by atoms with Crippen LogP contribution < -0.4 is 16.5 Å². The second-order valence-electron chi connectivity index (χ2n) is 7.48. The molecule has 1 saturated heterocycles. The lowest BCUT2D eigenvalue weighted by atomic mass is 9.90. The number of nitriles is 1. The van der Waals surface area contributed by atoms with Gasteiger partial charge in [-0.15, -0.1) is 11.8 Å². The molecule has 2 heterocycles. The van der Waals surface area contributed by atoms with E-state index in [0.717, 1.165) is 25.7 Å². The van der Waals surface area contributed by atoms with Crippen LogP contribution in [0.4, 0.5) is 5.82 Å². The summed E-state index contributed by atoms with van der Waals surface area (Å²) in [5.74, 6) is 7.58. The number of hydrazine groups is 1. The highest BCUT2D eigenvalue weighted by molar-refractivity contribution is 7.99. The molecule has 1 atom stereocenters. The van der Waals surface area contributed by atoms with Crippen LogP contribution in [-0.2, 0) is 9.59 Å². The molecule has 1 unspecified atom stereocenters. The standard InChI is InChI=1S/C19H26ClN7O2S/c20-13-1-6-17(24-8-13)25-18(28)9-23-14-2-4-15(5-3-14)27(22)10-19(29)26-12-30-11-16(26)7-21/h1,6,8,14-16,23H,2-5,9-12,22H2,(H,24,25,28). The first kappa shape index (κ1) is 22.8. The molecule has 2 amide bonds. The van der Waals surface area contributed by atoms with Gasteiger partial charge in [-0.1, -0.05) is 11.6 Å². The van der Waals surface area contributed by atoms with Crippen molar-refractivity contribution in [2.24, 2.45) is 5.84 Å². The highest BCUT2D eigenvalue weighted by Crippen LogP contribution is 2.23. The fourth-order valence-electron chi connectivity index (χ4n) is 3.66. The van der Waals surface area contributed by atoms with E-state index in [-0.39, 0.29) is 43.0 Å². The van der Waals surface area contributed by atoms with Crippen molar-refractivity contribution in [2.45, 2.75) is 43.8 Å². The molecular weight excluding hydrogens is 426 g/mol. The Kier molecular flexibility index (Phi) is 8.30. The van der Waals surface area contributed by atoms with Crippen LogP contribution in [0.1, 0.15) is 25.7 Å². The maximum atomic E-state index is 12.4. The Morgan fingerprint density at radius 2 is 2.13 bits per heavy atom. The average Bonchev–Trinajstić information content (AvgIpc) is 3.23. The van der Waals surface area contributed by atoms with Crippen molar-refractivity contribution < 1.29 is 9.59 Å². The molecular formula is C19H26ClN7O2S. The lowest BCUT2D eigenvalue weighted by Gasteiger charge is -2.35. The number of nitrogens with one attached hydrogen (secondary N) is 2. The Bertz CT molecular complexity index is 780. The van der Waals surface area contributed by atoms with Crippen LogP contribution in [0.15, 0.2) is 18.3 Å². The van der Waals surface area contributed by atoms with Crippen LogP contribution in [0.2, 0.25) is 5.02 Å². The van der Waals surface area contributed by atoms with Gasteiger partial charge in [0.2, 0.25) is 11.8 Å². The van der Waals surface area contributed by atoms with Gasteiger partial charge < -0.3 is 15.5 Å². The van der Waals surface area contributed by atoms with Gasteiger partial charge in [0.05, 0.1) is 30.1 Å². The van der Waals surface area contributed by atoms with Crippen LogP contribution >= 0.6 is 23.4 Å². The summed E-state index contributed by atoms with van der Waals surface area (Å²) in [7, 11) is 0. The summed E-state index contributed by atoms with van der Waals surface area (Å²) in [5.41, 5.74) is 0. The Balaban J connectivity index is 1.36. The number of carbonyl (C=O) groups excluding carboxylic acids is 2. The average molecular weight is 452 g/mol. The van der Waals surface area contributed by atoms with Crippen LogP contribution in [0.5, 0.6) is 0 Å². The molecule has 11 heteroatoms. The largest absolute Gasteiger partial charge is 0.315 e. The summed E-state index contributed by atoms with van der Waals surface area (Å²) >= 11 is 7.37. The first-order chi connectivity index (χ1) is 14.5. The van der Waals surface area contributed by atoms with E-state index in [9.17, 15) is 9.59 Å². The van der Waals surface area contributed by atoms with Gasteiger partial charge in [0.1, 0.15) is 11.9 Å². The van der Waals surface area contributed by atoms with E-state index in [1.807, 2.05) is 0 Å². The van der Waals surface area contributed by atoms with Crippen molar-refractivity contribution >= 4 is 41.0 Å². The third kappa shape index (κ3) is 6.30. The highest BCUT2D eigenvalue weighted by atomic mass is 35.5. The van der Waals surface area contributed by atoms with Crippen LogP contribution in [0.3, 0.4) is 0 Å². The van der Waals surface area contributed by atoms with Crippen LogP contribution in [-0.4, -0.2) is 69.6 Å². The summed E-state index contributed by atoms with van der Waals surface area (Å²) in [6.07, 6.45) is 4.92. The molecule has 1 aromatic rings. The topological polar surface area (TPSA) is 127 Å². The Labute approximate surface area is 185 Å². The van der Waals surface area contributed by atoms with Gasteiger partial charge >= 0.3 is 0 Å². The summed E-state index contributed by atoms with van der Waals surface area (Å²) in [4.78, 5) is 30.2. The zero-order valence-corrected chi connectivity index (χ0v) is 18.2. The van der Waals surface area contributed by atoms with Gasteiger partial charge in [-0.25, -0.2) is 9.99 Å². The van der Waals surface area contributed by atoms with Gasteiger partial charge in [0, 0.05) is 24.0 Å². The predicted octanol–water partition coefficient (Wildman–Crippen LogP) is 1.18. The van der Waals surface area contributed by atoms with Crippen LogP contribution in [0.25, 0.3) is 0 Å². The quantitative estimate of drug-likeness (QED) is 0.416. The smallest absolute Gasteiger partial charge is 0.239 e. The molecule has 9 nitrogen and oxygen atoms in total. The molecule has 1 aliphatic heterocycles. The summed E-state index contributed by atoms with van der Waals surface area (Å²) in [6, 6.07) is 5.49. The molecule has 0 radical (unpaired) electrons. The number of hydrogen-bond acceptors (Lipinski definition) is 8. The molecule has 1 aromatic heterocycles. The van der Waals surface area contributed by atoms with Crippen molar-refractivity contribution in [3.05, 3.63) is 23.4 Å². The lowest BCUT2D eigenvalue weighted by Crippen LogP contribution is -2.51. The van der Waals surface area contributed by atoms with Gasteiger partial charge in [0.25, 0.3) is 0 Å². The monoisotopic (exact) mass is 451 g/mol. The van der Waals surface area contributed by atoms with E-state index in [4.69, 9.17) is 22.7 Å². The van der Waals surface area contributed by atoms with Crippen molar-refractivity contribution in [2.75, 3.05) is 30.0 Å². The van der Waals surface area contributed by atoms with Gasteiger partial charge in [-0.3, -0.25) is 15.4 Å². The number of anilines is 1. The molecule has 0 aromatic carbocycles. The number of thioether (sulfide) groups is 1. The molecule has 2 aliphatic rings. The molecule has 2 fully saturated rings. The molecule has 4 N–H and O–H groups in total. The third-order valence-electron chi connectivity index (χ3n) is 5.38. The number of amides is 2. The number of halogens is 1. The molecule has 0 spiro atoms. The minimum Gasteiger partial charge on any atom is -0.315 e. The van der Waals surface area contributed by atoms with E-state index in [2.05, 4.69) is 21.7 Å². The summed E-state index contributed by atoms with van der Waals surface area (Å²) in [6.45, 7) is 0.324. The highest BCUT2D eigenvalue weighted by Gasteiger charge is 2.32. The molecule has 0 bridgehead atoms. The first-order valence-corrected chi connectivity index (χ1v) is 11.4. The van der Waals surface area contributed by atoms with E-state index in [1.54, 1.807) is 33.8 Å². The number of carbonyl (C=O) groups is 2. The summed E-state index contributed by atoms with van der Waals surface area (Å²) in [5, 5.41) is 17.3. The predicted molar refractivity (Wildman–Crippen MR) is 116 cm³/mol. The molecule has 1 aliphatic carbocycles. The molecule has 3 rings (SSSR count). The molecule has 30 heavy (non-hydrogen) atoms. The van der Waals surface area contributed by atoms with Crippen molar-refractivity contribution in [3.8, 4) is 6.07 Å². The van der Waals surface area contributed by atoms with Crippen molar-refractivity contribution in [1.29, 1.82) is 5.26 Å². The van der Waals surface area contributed by atoms with Crippen molar-refractivity contribution in [1.82, 2.24) is 20.2 Å². The first-order valence-electron chi connectivity index (χ1n) is 9.89. The van der Waals surface area contributed by atoms with E-state index in [1.165, 1.54) is 6.20 Å². The van der Waals surface area contributed by atoms with Gasteiger partial charge in [-0.2, -0.15) is 5.26 Å². The second-order valence-corrected chi connectivity index (χ2v) is 8.91. The number of nitrogens with two attached hydrogens (primary N) is 1. The number of aromatic nitrogens is 1. The second kappa shape index (κ2) is 10.9. The Morgan fingerprint density at radius 3 is 2.80 bits per heavy atom. The maximum absolute atomic E-state index is 12.4. The minimum atomic E-state index is -0.356. The molecule has 1 saturated carbocycles. The lowest BCUT2D eigenvalue weighted by molar-refractivity contribution is -0.132. The normalized spacial score (nSPS) is 23.9.